The average Bonchev–Trinajstić information content (AvgIpc) is 2.90. The molecule has 1 fully saturated rings. The molecule has 0 aliphatic heterocycles. The number of ether oxygens (including phenoxy) is 1. The smallest absolute Gasteiger partial charge is 0.230 e. The van der Waals surface area contributed by atoms with Gasteiger partial charge in [-0.2, -0.15) is 0 Å². The highest BCUT2D eigenvalue weighted by atomic mass is 19.1. The highest BCUT2D eigenvalue weighted by Crippen LogP contribution is 2.42. The first-order chi connectivity index (χ1) is 9.20. The second kappa shape index (κ2) is 6.15. The van der Waals surface area contributed by atoms with E-state index in [0.717, 1.165) is 12.8 Å². The molecule has 0 heterocycles. The number of carbonyl (C=O) groups is 1. The van der Waals surface area contributed by atoms with Crippen LogP contribution in [0.2, 0.25) is 0 Å². The predicted molar refractivity (Wildman–Crippen MR) is 71.4 cm³/mol. The van der Waals surface area contributed by atoms with Crippen LogP contribution >= 0.6 is 0 Å². The van der Waals surface area contributed by atoms with E-state index in [1.54, 1.807) is 25.3 Å². The van der Waals surface area contributed by atoms with E-state index in [0.29, 0.717) is 31.6 Å². The van der Waals surface area contributed by atoms with Crippen LogP contribution in [0.5, 0.6) is 0 Å². The molecular formula is C15H20FNO2. The lowest BCUT2D eigenvalue weighted by molar-refractivity contribution is -0.126. The molecule has 0 unspecified atom stereocenters. The van der Waals surface area contributed by atoms with E-state index >= 15 is 0 Å². The Balaban J connectivity index is 2.23. The minimum atomic E-state index is -0.695. The molecule has 1 aliphatic carbocycles. The largest absolute Gasteiger partial charge is 0.383 e. The zero-order chi connectivity index (χ0) is 13.7. The summed E-state index contributed by atoms with van der Waals surface area (Å²) in [6.07, 6.45) is 3.36. The highest BCUT2D eigenvalue weighted by Gasteiger charge is 2.43. The first kappa shape index (κ1) is 14.0. The third-order valence-electron chi connectivity index (χ3n) is 3.87. The van der Waals surface area contributed by atoms with E-state index in [4.69, 9.17) is 4.74 Å². The number of methoxy groups -OCH3 is 1. The quantitative estimate of drug-likeness (QED) is 0.830. The number of hydrogen-bond acceptors (Lipinski definition) is 2. The number of rotatable bonds is 5. The molecule has 0 bridgehead atoms. The van der Waals surface area contributed by atoms with Crippen molar-refractivity contribution in [3.8, 4) is 0 Å². The van der Waals surface area contributed by atoms with E-state index in [1.807, 2.05) is 0 Å². The molecule has 3 nitrogen and oxygen atoms in total. The molecule has 2 rings (SSSR count). The minimum Gasteiger partial charge on any atom is -0.383 e. The second-order valence-electron chi connectivity index (χ2n) is 5.02. The van der Waals surface area contributed by atoms with Gasteiger partial charge in [0.2, 0.25) is 5.91 Å². The molecule has 0 saturated heterocycles. The van der Waals surface area contributed by atoms with Crippen molar-refractivity contribution in [1.29, 1.82) is 0 Å². The van der Waals surface area contributed by atoms with E-state index in [9.17, 15) is 9.18 Å². The lowest BCUT2D eigenvalue weighted by Gasteiger charge is -2.28. The van der Waals surface area contributed by atoms with Crippen molar-refractivity contribution in [2.45, 2.75) is 31.1 Å². The van der Waals surface area contributed by atoms with Crippen LogP contribution in [0.25, 0.3) is 0 Å². The molecule has 1 aliphatic rings. The summed E-state index contributed by atoms with van der Waals surface area (Å²) in [5.41, 5.74) is -0.165. The summed E-state index contributed by atoms with van der Waals surface area (Å²) in [4.78, 5) is 12.5. The number of nitrogens with one attached hydrogen (secondary N) is 1. The van der Waals surface area contributed by atoms with Crippen LogP contribution in [-0.2, 0) is 14.9 Å². The van der Waals surface area contributed by atoms with Crippen LogP contribution in [0.4, 0.5) is 4.39 Å². The fourth-order valence-electron chi connectivity index (χ4n) is 2.88. The SMILES string of the molecule is COCCNC(=O)C1(c2ccccc2F)CCCC1. The third-order valence-corrected chi connectivity index (χ3v) is 3.87. The monoisotopic (exact) mass is 265 g/mol. The topological polar surface area (TPSA) is 38.3 Å². The van der Waals surface area contributed by atoms with E-state index in [2.05, 4.69) is 5.32 Å². The maximum atomic E-state index is 14.0. The molecule has 0 spiro atoms. The number of benzene rings is 1. The normalized spacial score (nSPS) is 17.4. The molecule has 1 N–H and O–H groups in total. The molecule has 0 aromatic heterocycles. The van der Waals surface area contributed by atoms with Gasteiger partial charge < -0.3 is 10.1 Å². The Hall–Kier alpha value is -1.42. The molecule has 1 amide bonds. The summed E-state index contributed by atoms with van der Waals surface area (Å²) in [6.45, 7) is 0.935. The van der Waals surface area contributed by atoms with Gasteiger partial charge in [0.1, 0.15) is 5.82 Å². The Morgan fingerprint density at radius 2 is 2.05 bits per heavy atom. The van der Waals surface area contributed by atoms with Crippen molar-refractivity contribution < 1.29 is 13.9 Å². The molecule has 0 atom stereocenters. The average molecular weight is 265 g/mol. The Bertz CT molecular complexity index is 442. The van der Waals surface area contributed by atoms with E-state index in [1.165, 1.54) is 6.07 Å². The van der Waals surface area contributed by atoms with Crippen LogP contribution in [0, 0.1) is 5.82 Å². The summed E-state index contributed by atoms with van der Waals surface area (Å²) >= 11 is 0. The maximum absolute atomic E-state index is 14.0. The van der Waals surface area contributed by atoms with Crippen LogP contribution in [0.15, 0.2) is 24.3 Å². The number of carbonyl (C=O) groups excluding carboxylic acids is 1. The zero-order valence-electron chi connectivity index (χ0n) is 11.2. The maximum Gasteiger partial charge on any atom is 0.230 e. The van der Waals surface area contributed by atoms with Crippen LogP contribution in [-0.4, -0.2) is 26.2 Å². The van der Waals surface area contributed by atoms with Crippen molar-refractivity contribution in [1.82, 2.24) is 5.32 Å². The van der Waals surface area contributed by atoms with Crippen molar-refractivity contribution >= 4 is 5.91 Å². The summed E-state index contributed by atoms with van der Waals surface area (Å²) < 4.78 is 19.0. The van der Waals surface area contributed by atoms with Gasteiger partial charge in [0.15, 0.2) is 0 Å². The lowest BCUT2D eigenvalue weighted by Crippen LogP contribution is -2.44. The fraction of sp³-hybridized carbons (Fsp3) is 0.533. The summed E-state index contributed by atoms with van der Waals surface area (Å²) in [5, 5.41) is 2.86. The Labute approximate surface area is 113 Å². The first-order valence-corrected chi connectivity index (χ1v) is 6.73. The molecular weight excluding hydrogens is 245 g/mol. The standard InChI is InChI=1S/C15H20FNO2/c1-19-11-10-17-14(18)15(8-4-5-9-15)12-6-2-3-7-13(12)16/h2-3,6-7H,4-5,8-11H2,1H3,(H,17,18). The van der Waals surface area contributed by atoms with Gasteiger partial charge in [-0.3, -0.25) is 4.79 Å². The third kappa shape index (κ3) is 2.78. The fourth-order valence-corrected chi connectivity index (χ4v) is 2.88. The van der Waals surface area contributed by atoms with Gasteiger partial charge in [-0.25, -0.2) is 4.39 Å². The lowest BCUT2D eigenvalue weighted by atomic mass is 9.77. The van der Waals surface area contributed by atoms with Gasteiger partial charge in [0.05, 0.1) is 12.0 Å². The molecule has 1 saturated carbocycles. The summed E-state index contributed by atoms with van der Waals surface area (Å²) in [6, 6.07) is 6.61. The van der Waals surface area contributed by atoms with Gasteiger partial charge in [-0.15, -0.1) is 0 Å². The van der Waals surface area contributed by atoms with Gasteiger partial charge >= 0.3 is 0 Å². The number of amides is 1. The zero-order valence-corrected chi connectivity index (χ0v) is 11.2. The highest BCUT2D eigenvalue weighted by molar-refractivity contribution is 5.88. The van der Waals surface area contributed by atoms with Gasteiger partial charge in [-0.1, -0.05) is 31.0 Å². The molecule has 1 aromatic rings. The van der Waals surface area contributed by atoms with Crippen LogP contribution < -0.4 is 5.32 Å². The molecule has 4 heteroatoms. The number of halogens is 1. The first-order valence-electron chi connectivity index (χ1n) is 6.73. The van der Waals surface area contributed by atoms with Crippen molar-refractivity contribution in [2.75, 3.05) is 20.3 Å². The Morgan fingerprint density at radius 1 is 1.37 bits per heavy atom. The van der Waals surface area contributed by atoms with Gasteiger partial charge in [0, 0.05) is 19.2 Å². The Morgan fingerprint density at radius 3 is 2.68 bits per heavy atom. The Kier molecular flexibility index (Phi) is 4.53. The molecule has 104 valence electrons. The van der Waals surface area contributed by atoms with Crippen LogP contribution in [0.3, 0.4) is 0 Å². The molecule has 1 aromatic carbocycles. The van der Waals surface area contributed by atoms with Crippen LogP contribution in [0.1, 0.15) is 31.2 Å². The van der Waals surface area contributed by atoms with Crippen molar-refractivity contribution in [3.05, 3.63) is 35.6 Å². The minimum absolute atomic E-state index is 0.0767. The number of hydrogen-bond donors (Lipinski definition) is 1. The predicted octanol–water partition coefficient (Wildman–Crippen LogP) is 2.40. The summed E-state index contributed by atoms with van der Waals surface area (Å²) in [5.74, 6) is -0.363. The van der Waals surface area contributed by atoms with Gasteiger partial charge in [0.25, 0.3) is 0 Å². The van der Waals surface area contributed by atoms with E-state index in [-0.39, 0.29) is 11.7 Å². The van der Waals surface area contributed by atoms with Crippen molar-refractivity contribution in [2.24, 2.45) is 0 Å². The van der Waals surface area contributed by atoms with E-state index < -0.39 is 5.41 Å². The molecule has 19 heavy (non-hydrogen) atoms. The van der Waals surface area contributed by atoms with Gasteiger partial charge in [-0.05, 0) is 18.9 Å². The second-order valence-corrected chi connectivity index (χ2v) is 5.02. The summed E-state index contributed by atoms with van der Waals surface area (Å²) in [7, 11) is 1.59. The molecule has 0 radical (unpaired) electrons. The van der Waals surface area contributed by atoms with Crippen molar-refractivity contribution in [3.63, 3.8) is 0 Å².